The first-order valence-electron chi connectivity index (χ1n) is 6.33. The predicted molar refractivity (Wildman–Crippen MR) is 64.9 cm³/mol. The minimum Gasteiger partial charge on any atom is -0.316 e. The van der Waals surface area contributed by atoms with Gasteiger partial charge in [-0.3, -0.25) is 9.52 Å². The molecule has 2 aliphatic rings. The third-order valence-corrected chi connectivity index (χ3v) is 5.26. The van der Waals surface area contributed by atoms with Crippen LogP contribution in [0.1, 0.15) is 38.5 Å². The maximum atomic E-state index is 11.5. The molecule has 1 unspecified atom stereocenters. The molecule has 1 saturated carbocycles. The van der Waals surface area contributed by atoms with Crippen LogP contribution >= 0.6 is 0 Å². The van der Waals surface area contributed by atoms with Gasteiger partial charge in [0.1, 0.15) is 0 Å². The molecule has 0 bridgehead atoms. The number of hydrogen-bond acceptors (Lipinski definition) is 4. The van der Waals surface area contributed by atoms with Gasteiger partial charge in [-0.1, -0.05) is 0 Å². The minimum atomic E-state index is -3.35. The molecule has 2 N–H and O–H groups in total. The van der Waals surface area contributed by atoms with Crippen LogP contribution in [0.4, 0.5) is 0 Å². The van der Waals surface area contributed by atoms with Crippen molar-refractivity contribution >= 4 is 15.9 Å². The Morgan fingerprint density at radius 3 is 2.65 bits per heavy atom. The van der Waals surface area contributed by atoms with Gasteiger partial charge in [0.25, 0.3) is 0 Å². The molecule has 2 fully saturated rings. The normalized spacial score (nSPS) is 25.5. The standard InChI is InChI=1S/C11H20N2O3S/c14-11(13-17(15,16)10-4-5-10)6-3-9-2-1-7-12-8-9/h9-10,12H,1-8H2,(H,13,14). The fourth-order valence-corrected chi connectivity index (χ4v) is 3.52. The lowest BCUT2D eigenvalue weighted by Crippen LogP contribution is -2.34. The van der Waals surface area contributed by atoms with E-state index in [0.717, 1.165) is 32.4 Å². The van der Waals surface area contributed by atoms with Crippen LogP contribution in [0.15, 0.2) is 0 Å². The highest BCUT2D eigenvalue weighted by molar-refractivity contribution is 7.90. The van der Waals surface area contributed by atoms with Gasteiger partial charge in [0.15, 0.2) is 0 Å². The molecule has 1 amide bonds. The van der Waals surface area contributed by atoms with Crippen LogP contribution in [0.25, 0.3) is 0 Å². The first-order valence-corrected chi connectivity index (χ1v) is 7.88. The lowest BCUT2D eigenvalue weighted by molar-refractivity contribution is -0.119. The van der Waals surface area contributed by atoms with Crippen LogP contribution in [-0.2, 0) is 14.8 Å². The second kappa shape index (κ2) is 5.35. The number of sulfonamides is 1. The Hall–Kier alpha value is -0.620. The molecule has 5 nitrogen and oxygen atoms in total. The SMILES string of the molecule is O=C(CCC1CCCNC1)NS(=O)(=O)C1CC1. The molecule has 0 spiro atoms. The topological polar surface area (TPSA) is 75.3 Å². The van der Waals surface area contributed by atoms with E-state index in [1.165, 1.54) is 0 Å². The molecule has 1 saturated heterocycles. The molecule has 6 heteroatoms. The fraction of sp³-hybridized carbons (Fsp3) is 0.909. The van der Waals surface area contributed by atoms with Crippen LogP contribution in [0, 0.1) is 5.92 Å². The number of rotatable bonds is 5. The van der Waals surface area contributed by atoms with Crippen molar-refractivity contribution in [1.82, 2.24) is 10.0 Å². The Kier molecular flexibility index (Phi) is 4.04. The first kappa shape index (κ1) is 12.8. The molecule has 2 rings (SSSR count). The van der Waals surface area contributed by atoms with Crippen molar-refractivity contribution in [3.05, 3.63) is 0 Å². The van der Waals surface area contributed by atoms with Crippen molar-refractivity contribution in [2.24, 2.45) is 5.92 Å². The van der Waals surface area contributed by atoms with E-state index in [0.29, 0.717) is 25.2 Å². The second-order valence-corrected chi connectivity index (χ2v) is 6.98. The van der Waals surface area contributed by atoms with Crippen LogP contribution in [0.5, 0.6) is 0 Å². The highest BCUT2D eigenvalue weighted by atomic mass is 32.2. The number of hydrogen-bond donors (Lipinski definition) is 2. The summed E-state index contributed by atoms with van der Waals surface area (Å²) in [7, 11) is -3.35. The van der Waals surface area contributed by atoms with Gasteiger partial charge in [0.2, 0.25) is 15.9 Å². The van der Waals surface area contributed by atoms with E-state index >= 15 is 0 Å². The maximum absolute atomic E-state index is 11.5. The molecule has 1 atom stereocenters. The van der Waals surface area contributed by atoms with Crippen LogP contribution in [-0.4, -0.2) is 32.7 Å². The van der Waals surface area contributed by atoms with Crippen LogP contribution in [0.2, 0.25) is 0 Å². The van der Waals surface area contributed by atoms with E-state index in [1.54, 1.807) is 0 Å². The predicted octanol–water partition coefficient (Wildman–Crippen LogP) is 0.375. The van der Waals surface area contributed by atoms with E-state index in [-0.39, 0.29) is 11.2 Å². The van der Waals surface area contributed by atoms with Crippen molar-refractivity contribution in [2.45, 2.75) is 43.8 Å². The number of piperidine rings is 1. The molecule has 98 valence electrons. The van der Waals surface area contributed by atoms with E-state index in [9.17, 15) is 13.2 Å². The molecular weight excluding hydrogens is 240 g/mol. The van der Waals surface area contributed by atoms with Crippen molar-refractivity contribution < 1.29 is 13.2 Å². The average Bonchev–Trinajstić information content (AvgIpc) is 3.11. The molecule has 0 aromatic rings. The summed E-state index contributed by atoms with van der Waals surface area (Å²) < 4.78 is 25.2. The van der Waals surface area contributed by atoms with Gasteiger partial charge in [0, 0.05) is 6.42 Å². The van der Waals surface area contributed by atoms with Gasteiger partial charge < -0.3 is 5.32 Å². The van der Waals surface area contributed by atoms with Crippen LogP contribution < -0.4 is 10.0 Å². The van der Waals surface area contributed by atoms with Gasteiger partial charge in [-0.2, -0.15) is 0 Å². The summed E-state index contributed by atoms with van der Waals surface area (Å²) in [6.07, 6.45) is 4.75. The van der Waals surface area contributed by atoms with Crippen molar-refractivity contribution in [3.63, 3.8) is 0 Å². The molecule has 1 heterocycles. The fourth-order valence-electron chi connectivity index (χ4n) is 2.18. The minimum absolute atomic E-state index is 0.317. The van der Waals surface area contributed by atoms with E-state index in [4.69, 9.17) is 0 Å². The highest BCUT2D eigenvalue weighted by Crippen LogP contribution is 2.27. The van der Waals surface area contributed by atoms with Gasteiger partial charge in [-0.25, -0.2) is 8.42 Å². The lowest BCUT2D eigenvalue weighted by atomic mass is 9.95. The Balaban J connectivity index is 1.70. The smallest absolute Gasteiger partial charge is 0.237 e. The Bertz CT molecular complexity index is 370. The summed E-state index contributed by atoms with van der Waals surface area (Å²) in [5.74, 6) is 0.167. The summed E-state index contributed by atoms with van der Waals surface area (Å²) in [5, 5.41) is 2.97. The quantitative estimate of drug-likeness (QED) is 0.749. The van der Waals surface area contributed by atoms with Crippen LogP contribution in [0.3, 0.4) is 0 Å². The van der Waals surface area contributed by atoms with E-state index in [1.807, 2.05) is 0 Å². The molecule has 0 aromatic carbocycles. The summed E-state index contributed by atoms with van der Waals surface area (Å²) in [6.45, 7) is 2.00. The van der Waals surface area contributed by atoms with Crippen molar-refractivity contribution in [3.8, 4) is 0 Å². The van der Waals surface area contributed by atoms with Gasteiger partial charge in [-0.15, -0.1) is 0 Å². The van der Waals surface area contributed by atoms with Crippen molar-refractivity contribution in [1.29, 1.82) is 0 Å². The monoisotopic (exact) mass is 260 g/mol. The zero-order chi connectivity index (χ0) is 12.3. The van der Waals surface area contributed by atoms with Crippen molar-refractivity contribution in [2.75, 3.05) is 13.1 Å². The molecule has 0 aromatic heterocycles. The first-order chi connectivity index (χ1) is 8.08. The lowest BCUT2D eigenvalue weighted by Gasteiger charge is -2.22. The summed E-state index contributed by atoms with van der Waals surface area (Å²) >= 11 is 0. The number of carbonyl (C=O) groups is 1. The molecular formula is C11H20N2O3S. The molecule has 1 aliphatic carbocycles. The average molecular weight is 260 g/mol. The number of amides is 1. The maximum Gasteiger partial charge on any atom is 0.237 e. The van der Waals surface area contributed by atoms with E-state index < -0.39 is 10.0 Å². The largest absolute Gasteiger partial charge is 0.316 e. The zero-order valence-electron chi connectivity index (χ0n) is 9.94. The van der Waals surface area contributed by atoms with Gasteiger partial charge >= 0.3 is 0 Å². The Morgan fingerprint density at radius 1 is 1.29 bits per heavy atom. The number of carbonyl (C=O) groups excluding carboxylic acids is 1. The summed E-state index contributed by atoms with van der Waals surface area (Å²) in [5.41, 5.74) is 0. The van der Waals surface area contributed by atoms with Gasteiger partial charge in [-0.05, 0) is 51.1 Å². The molecule has 17 heavy (non-hydrogen) atoms. The third-order valence-electron chi connectivity index (χ3n) is 3.40. The second-order valence-electron chi connectivity index (χ2n) is 5.02. The molecule has 0 radical (unpaired) electrons. The zero-order valence-corrected chi connectivity index (χ0v) is 10.8. The summed E-state index contributed by atoms with van der Waals surface area (Å²) in [6, 6.07) is 0. The Morgan fingerprint density at radius 2 is 2.06 bits per heavy atom. The third kappa shape index (κ3) is 3.96. The Labute approximate surface area is 102 Å². The molecule has 1 aliphatic heterocycles. The highest BCUT2D eigenvalue weighted by Gasteiger charge is 2.36. The summed E-state index contributed by atoms with van der Waals surface area (Å²) in [4.78, 5) is 11.5. The number of nitrogens with one attached hydrogen (secondary N) is 2. The van der Waals surface area contributed by atoms with Gasteiger partial charge in [0.05, 0.1) is 5.25 Å². The van der Waals surface area contributed by atoms with E-state index in [2.05, 4.69) is 10.0 Å².